The first-order chi connectivity index (χ1) is 12.0. The molecule has 2 aromatic rings. The highest BCUT2D eigenvalue weighted by molar-refractivity contribution is 7.91. The Labute approximate surface area is 153 Å². The summed E-state index contributed by atoms with van der Waals surface area (Å²) in [6.07, 6.45) is 1.61. The van der Waals surface area contributed by atoms with Gasteiger partial charge in [0.1, 0.15) is 0 Å². The number of benzene rings is 1. The summed E-state index contributed by atoms with van der Waals surface area (Å²) in [6.45, 7) is 0.826. The Kier molecular flexibility index (Phi) is 5.64. The molecular formula is C14H15ClN4O4S2. The Bertz CT molecular complexity index is 865. The van der Waals surface area contributed by atoms with Gasteiger partial charge in [0, 0.05) is 13.2 Å². The molecule has 1 saturated heterocycles. The van der Waals surface area contributed by atoms with Crippen LogP contribution in [-0.2, 0) is 14.8 Å². The largest absolute Gasteiger partial charge is 0.377 e. The summed E-state index contributed by atoms with van der Waals surface area (Å²) in [5.74, 6) is -0.488. The fraction of sp³-hybridized carbons (Fsp3) is 0.357. The molecule has 1 atom stereocenters. The van der Waals surface area contributed by atoms with Gasteiger partial charge in [0.05, 0.1) is 16.7 Å². The Morgan fingerprint density at radius 2 is 2.16 bits per heavy atom. The molecule has 2 heterocycles. The lowest BCUT2D eigenvalue weighted by Gasteiger charge is -2.09. The molecule has 134 valence electrons. The number of nitrogens with one attached hydrogen (secondary N) is 2. The summed E-state index contributed by atoms with van der Waals surface area (Å²) < 4.78 is 32.0. The number of hydrogen-bond acceptors (Lipinski definition) is 7. The van der Waals surface area contributed by atoms with Gasteiger partial charge in [-0.25, -0.2) is 13.1 Å². The van der Waals surface area contributed by atoms with Crippen LogP contribution in [0.1, 0.15) is 23.2 Å². The second kappa shape index (κ2) is 7.75. The molecule has 3 rings (SSSR count). The van der Waals surface area contributed by atoms with Crippen molar-refractivity contribution in [3.05, 3.63) is 34.9 Å². The van der Waals surface area contributed by atoms with E-state index in [9.17, 15) is 13.2 Å². The second-order valence-corrected chi connectivity index (χ2v) is 8.62. The number of rotatable bonds is 6. The van der Waals surface area contributed by atoms with Gasteiger partial charge in [-0.1, -0.05) is 35.1 Å². The number of hydrogen-bond donors (Lipinski definition) is 2. The van der Waals surface area contributed by atoms with E-state index in [4.69, 9.17) is 16.3 Å². The Morgan fingerprint density at radius 1 is 1.36 bits per heavy atom. The fourth-order valence-electron chi connectivity index (χ4n) is 2.25. The van der Waals surface area contributed by atoms with Gasteiger partial charge in [0.25, 0.3) is 15.9 Å². The van der Waals surface area contributed by atoms with E-state index >= 15 is 0 Å². The van der Waals surface area contributed by atoms with Crippen molar-refractivity contribution in [3.8, 4) is 0 Å². The van der Waals surface area contributed by atoms with Gasteiger partial charge >= 0.3 is 0 Å². The molecule has 8 nitrogen and oxygen atoms in total. The molecule has 0 aliphatic carbocycles. The van der Waals surface area contributed by atoms with E-state index in [1.54, 1.807) is 24.3 Å². The summed E-state index contributed by atoms with van der Waals surface area (Å²) in [6, 6.07) is 6.52. The third-order valence-corrected chi connectivity index (χ3v) is 6.46. The van der Waals surface area contributed by atoms with Crippen LogP contribution in [0, 0.1) is 0 Å². The SMILES string of the molecule is O=C(Nc1nnc(S(=O)(=O)NCC2CCCO2)s1)c1ccccc1Cl. The number of ether oxygens (including phenoxy) is 1. The van der Waals surface area contributed by atoms with Crippen LogP contribution >= 0.6 is 22.9 Å². The zero-order valence-corrected chi connectivity index (χ0v) is 15.3. The summed E-state index contributed by atoms with van der Waals surface area (Å²) in [5, 5.41) is 10.2. The van der Waals surface area contributed by atoms with E-state index in [2.05, 4.69) is 20.2 Å². The van der Waals surface area contributed by atoms with Gasteiger partial charge in [0.2, 0.25) is 9.47 Å². The average Bonchev–Trinajstić information content (AvgIpc) is 3.25. The number of aromatic nitrogens is 2. The third-order valence-electron chi connectivity index (χ3n) is 3.50. The molecule has 1 aliphatic heterocycles. The maximum atomic E-state index is 12.2. The molecule has 1 aliphatic rings. The lowest BCUT2D eigenvalue weighted by molar-refractivity contribution is 0.102. The first-order valence-electron chi connectivity index (χ1n) is 7.46. The van der Waals surface area contributed by atoms with Gasteiger partial charge in [-0.05, 0) is 25.0 Å². The van der Waals surface area contributed by atoms with Crippen molar-refractivity contribution in [1.29, 1.82) is 0 Å². The number of nitrogens with zero attached hydrogens (tertiary/aromatic N) is 2. The Morgan fingerprint density at radius 3 is 2.88 bits per heavy atom. The van der Waals surface area contributed by atoms with Gasteiger partial charge in [-0.15, -0.1) is 10.2 Å². The van der Waals surface area contributed by atoms with E-state index in [0.717, 1.165) is 24.2 Å². The molecule has 1 aromatic heterocycles. The van der Waals surface area contributed by atoms with Crippen molar-refractivity contribution in [2.45, 2.75) is 23.3 Å². The van der Waals surface area contributed by atoms with Crippen molar-refractivity contribution in [1.82, 2.24) is 14.9 Å². The van der Waals surface area contributed by atoms with Crippen molar-refractivity contribution < 1.29 is 17.9 Å². The predicted octanol–water partition coefficient (Wildman–Crippen LogP) is 1.90. The normalized spacial score (nSPS) is 17.6. The first-order valence-corrected chi connectivity index (χ1v) is 10.1. The highest BCUT2D eigenvalue weighted by atomic mass is 35.5. The summed E-state index contributed by atoms with van der Waals surface area (Å²) in [7, 11) is -3.80. The van der Waals surface area contributed by atoms with Crippen molar-refractivity contribution >= 4 is 44.0 Å². The van der Waals surface area contributed by atoms with Gasteiger partial charge in [0.15, 0.2) is 0 Å². The van der Waals surface area contributed by atoms with Crippen LogP contribution in [0.15, 0.2) is 28.6 Å². The van der Waals surface area contributed by atoms with Crippen LogP contribution in [0.5, 0.6) is 0 Å². The van der Waals surface area contributed by atoms with Crippen LogP contribution < -0.4 is 10.0 Å². The number of sulfonamides is 1. The predicted molar refractivity (Wildman–Crippen MR) is 93.5 cm³/mol. The molecule has 1 unspecified atom stereocenters. The molecule has 1 aromatic carbocycles. The molecule has 0 spiro atoms. The number of carbonyl (C=O) groups excluding carboxylic acids is 1. The highest BCUT2D eigenvalue weighted by Crippen LogP contribution is 2.22. The smallest absolute Gasteiger partial charge is 0.269 e. The average molecular weight is 403 g/mol. The zero-order chi connectivity index (χ0) is 17.9. The van der Waals surface area contributed by atoms with Crippen molar-refractivity contribution in [2.24, 2.45) is 0 Å². The number of amides is 1. The summed E-state index contributed by atoms with van der Waals surface area (Å²) >= 11 is 6.72. The molecule has 0 radical (unpaired) electrons. The van der Waals surface area contributed by atoms with E-state index < -0.39 is 15.9 Å². The quantitative estimate of drug-likeness (QED) is 0.714. The molecule has 0 bridgehead atoms. The fourth-order valence-corrected chi connectivity index (χ4v) is 4.47. The molecule has 25 heavy (non-hydrogen) atoms. The monoisotopic (exact) mass is 402 g/mol. The molecule has 1 amide bonds. The molecule has 1 fully saturated rings. The second-order valence-electron chi connectivity index (χ2n) is 5.29. The lowest BCUT2D eigenvalue weighted by Crippen LogP contribution is -2.31. The lowest BCUT2D eigenvalue weighted by atomic mass is 10.2. The third kappa shape index (κ3) is 4.53. The van der Waals surface area contributed by atoms with Gasteiger partial charge < -0.3 is 4.74 Å². The van der Waals surface area contributed by atoms with E-state index in [0.29, 0.717) is 6.61 Å². The number of halogens is 1. The first kappa shape index (κ1) is 18.2. The molecule has 0 saturated carbocycles. The molecule has 2 N–H and O–H groups in total. The number of anilines is 1. The minimum absolute atomic E-state index is 0.0717. The maximum Gasteiger partial charge on any atom is 0.269 e. The Hall–Kier alpha value is -1.59. The van der Waals surface area contributed by atoms with Crippen LogP contribution in [0.3, 0.4) is 0 Å². The zero-order valence-electron chi connectivity index (χ0n) is 12.9. The highest BCUT2D eigenvalue weighted by Gasteiger charge is 2.24. The topological polar surface area (TPSA) is 110 Å². The van der Waals surface area contributed by atoms with Crippen LogP contribution in [0.25, 0.3) is 0 Å². The van der Waals surface area contributed by atoms with Crippen molar-refractivity contribution in [2.75, 3.05) is 18.5 Å². The van der Waals surface area contributed by atoms with Crippen molar-refractivity contribution in [3.63, 3.8) is 0 Å². The van der Waals surface area contributed by atoms with E-state index in [-0.39, 0.29) is 32.7 Å². The van der Waals surface area contributed by atoms with E-state index in [1.807, 2.05) is 0 Å². The van der Waals surface area contributed by atoms with Gasteiger partial charge in [-0.3, -0.25) is 10.1 Å². The molecular weight excluding hydrogens is 388 g/mol. The minimum Gasteiger partial charge on any atom is -0.377 e. The molecule has 11 heteroatoms. The summed E-state index contributed by atoms with van der Waals surface area (Å²) in [5.41, 5.74) is 0.264. The number of carbonyl (C=O) groups is 1. The van der Waals surface area contributed by atoms with Crippen LogP contribution in [0.2, 0.25) is 5.02 Å². The summed E-state index contributed by atoms with van der Waals surface area (Å²) in [4.78, 5) is 12.2. The van der Waals surface area contributed by atoms with Crippen LogP contribution in [0.4, 0.5) is 5.13 Å². The Balaban J connectivity index is 1.65. The standard InChI is InChI=1S/C14H15ClN4O4S2/c15-11-6-2-1-5-10(11)12(20)17-13-18-19-14(24-13)25(21,22)16-8-9-4-3-7-23-9/h1-2,5-6,9,16H,3-4,7-8H2,(H,17,18,20). The van der Waals surface area contributed by atoms with E-state index in [1.165, 1.54) is 0 Å². The van der Waals surface area contributed by atoms with Crippen LogP contribution in [-0.4, -0.2) is 43.8 Å². The minimum atomic E-state index is -3.80. The maximum absolute atomic E-state index is 12.2. The van der Waals surface area contributed by atoms with Gasteiger partial charge in [-0.2, -0.15) is 0 Å².